The molecule has 0 radical (unpaired) electrons. The van der Waals surface area contributed by atoms with E-state index >= 15 is 0 Å². The molecule has 3 aliphatic carbocycles. The van der Waals surface area contributed by atoms with Gasteiger partial charge in [-0.2, -0.15) is 0 Å². The van der Waals surface area contributed by atoms with Crippen molar-refractivity contribution in [1.82, 2.24) is 15.0 Å². The maximum atomic E-state index is 9.78. The number of aromatic nitrogens is 3. The van der Waals surface area contributed by atoms with Crippen LogP contribution in [0.4, 0.5) is 0 Å². The van der Waals surface area contributed by atoms with Gasteiger partial charge in [-0.1, -0.05) is 141 Å². The summed E-state index contributed by atoms with van der Waals surface area (Å²) >= 11 is 0. The van der Waals surface area contributed by atoms with E-state index in [0.717, 1.165) is 75.8 Å². The number of hydrogen-bond donors (Lipinski definition) is 0. The fourth-order valence-electron chi connectivity index (χ4n) is 7.62. The van der Waals surface area contributed by atoms with Crippen molar-refractivity contribution < 1.29 is 5.48 Å². The Balaban J connectivity index is 1.20. The highest BCUT2D eigenvalue weighted by Crippen LogP contribution is 2.62. The van der Waals surface area contributed by atoms with Gasteiger partial charge in [-0.15, -0.1) is 0 Å². The van der Waals surface area contributed by atoms with Crippen molar-refractivity contribution in [2.75, 3.05) is 0 Å². The van der Waals surface area contributed by atoms with Crippen LogP contribution in [0.2, 0.25) is 0 Å². The number of benzene rings is 5. The molecule has 0 aliphatic heterocycles. The van der Waals surface area contributed by atoms with Gasteiger partial charge in [0.1, 0.15) is 0 Å². The molecule has 6 aromatic rings. The van der Waals surface area contributed by atoms with E-state index in [9.17, 15) is 5.48 Å². The molecule has 3 aliphatic rings. The Labute approximate surface area is 270 Å². The highest BCUT2D eigenvalue weighted by Gasteiger charge is 2.52. The smallest absolute Gasteiger partial charge is 0.164 e. The molecular formula is C42H35N3. The van der Waals surface area contributed by atoms with Crippen LogP contribution in [0.25, 0.3) is 56.4 Å². The van der Waals surface area contributed by atoms with Gasteiger partial charge in [0.05, 0.1) is 0 Å². The van der Waals surface area contributed by atoms with Crippen molar-refractivity contribution in [3.8, 4) is 56.4 Å². The highest BCUT2D eigenvalue weighted by molar-refractivity contribution is 5.85. The summed E-state index contributed by atoms with van der Waals surface area (Å²) < 4.78 is 39.1. The van der Waals surface area contributed by atoms with Gasteiger partial charge in [-0.05, 0) is 70.1 Å². The first-order valence-electron chi connectivity index (χ1n) is 18.0. The van der Waals surface area contributed by atoms with Gasteiger partial charge in [-0.25, -0.2) is 15.0 Å². The molecule has 0 saturated heterocycles. The minimum absolute atomic E-state index is 0.330. The summed E-state index contributed by atoms with van der Waals surface area (Å²) in [6.07, 6.45) is -0.168. The fourth-order valence-corrected chi connectivity index (χ4v) is 7.62. The summed E-state index contributed by atoms with van der Waals surface area (Å²) in [6, 6.07) is 42.1. The summed E-state index contributed by atoms with van der Waals surface area (Å²) in [5.74, 6) is 1.10. The van der Waals surface area contributed by atoms with Crippen molar-refractivity contribution in [2.45, 2.75) is 43.8 Å². The standard InChI is InChI=1S/C42H35N3/c1-3-12-28(13-4-1)39-43-40(29-14-5-2-6-15-29)45-41(44-39)32-19-11-18-30(24-32)31-22-23-36-35-20-9-10-21-37(35)42(38(36)25-31)26-33-16-7-8-17-34(33)27-42/h1-6,9-15,18-25,33-34H,7-8,16-17,26-27H2/i26D2,27D2. The van der Waals surface area contributed by atoms with Gasteiger partial charge in [0.25, 0.3) is 0 Å². The SMILES string of the molecule is [2H]C1([2H])C2CCCCC2C([2H])([2H])C12c1ccccc1-c1ccc(-c3cccc(-c4nc(-c5ccccc5)nc(-c5ccccc5)n4)c3)cc12. The lowest BCUT2D eigenvalue weighted by Gasteiger charge is -2.28. The van der Waals surface area contributed by atoms with E-state index in [0.29, 0.717) is 17.5 Å². The average molecular weight is 586 g/mol. The average Bonchev–Trinajstić information content (AvgIpc) is 3.54. The molecule has 45 heavy (non-hydrogen) atoms. The van der Waals surface area contributed by atoms with E-state index in [-0.39, 0.29) is 11.8 Å². The third-order valence-corrected chi connectivity index (χ3v) is 9.77. The zero-order chi connectivity index (χ0) is 33.4. The van der Waals surface area contributed by atoms with E-state index in [1.165, 1.54) is 0 Å². The van der Waals surface area contributed by atoms with Crippen molar-refractivity contribution >= 4 is 0 Å². The molecule has 2 fully saturated rings. The normalized spacial score (nSPS) is 24.9. The first kappa shape index (κ1) is 22.6. The summed E-state index contributed by atoms with van der Waals surface area (Å²) in [4.78, 5) is 14.7. The van der Waals surface area contributed by atoms with Crippen LogP contribution < -0.4 is 0 Å². The second-order valence-electron chi connectivity index (χ2n) is 12.5. The third kappa shape index (κ3) is 4.44. The molecule has 0 amide bonds. The first-order chi connectivity index (χ1) is 23.8. The van der Waals surface area contributed by atoms with Crippen molar-refractivity contribution in [2.24, 2.45) is 11.8 Å². The Morgan fingerprint density at radius 1 is 0.467 bits per heavy atom. The fraction of sp³-hybridized carbons (Fsp3) is 0.214. The predicted molar refractivity (Wildman–Crippen MR) is 182 cm³/mol. The second kappa shape index (κ2) is 10.6. The zero-order valence-electron chi connectivity index (χ0n) is 28.9. The van der Waals surface area contributed by atoms with E-state index in [4.69, 9.17) is 15.0 Å². The molecule has 0 bridgehead atoms. The lowest BCUT2D eigenvalue weighted by atomic mass is 9.75. The van der Waals surface area contributed by atoms with E-state index in [1.807, 2.05) is 97.1 Å². The quantitative estimate of drug-likeness (QED) is 0.207. The Bertz CT molecular complexity index is 2140. The van der Waals surface area contributed by atoms with Crippen molar-refractivity contribution in [3.63, 3.8) is 0 Å². The second-order valence-corrected chi connectivity index (χ2v) is 12.5. The van der Waals surface area contributed by atoms with Gasteiger partial charge in [0.15, 0.2) is 17.5 Å². The summed E-state index contributed by atoms with van der Waals surface area (Å²) in [5, 5.41) is 0. The van der Waals surface area contributed by atoms with Gasteiger partial charge >= 0.3 is 0 Å². The molecule has 2 unspecified atom stereocenters. The number of nitrogens with zero attached hydrogens (tertiary/aromatic N) is 3. The van der Waals surface area contributed by atoms with Crippen LogP contribution in [0.1, 0.15) is 55.0 Å². The third-order valence-electron chi connectivity index (χ3n) is 9.77. The number of rotatable bonds is 4. The van der Waals surface area contributed by atoms with Crippen molar-refractivity contribution in [1.29, 1.82) is 0 Å². The summed E-state index contributed by atoms with van der Waals surface area (Å²) in [6.45, 7) is 0. The monoisotopic (exact) mass is 585 g/mol. The van der Waals surface area contributed by atoms with Gasteiger partial charge in [-0.3, -0.25) is 0 Å². The maximum absolute atomic E-state index is 9.78. The van der Waals surface area contributed by atoms with E-state index < -0.39 is 18.2 Å². The molecule has 3 nitrogen and oxygen atoms in total. The van der Waals surface area contributed by atoms with E-state index in [1.54, 1.807) is 0 Å². The van der Waals surface area contributed by atoms with Crippen LogP contribution >= 0.6 is 0 Å². The maximum Gasteiger partial charge on any atom is 0.164 e. The van der Waals surface area contributed by atoms with Crippen molar-refractivity contribution in [3.05, 3.63) is 139 Å². The first-order valence-corrected chi connectivity index (χ1v) is 16.0. The topological polar surface area (TPSA) is 38.7 Å². The Morgan fingerprint density at radius 2 is 0.978 bits per heavy atom. The van der Waals surface area contributed by atoms with Crippen LogP contribution in [-0.4, -0.2) is 15.0 Å². The molecule has 5 aromatic carbocycles. The summed E-state index contributed by atoms with van der Waals surface area (Å²) in [7, 11) is 0. The molecule has 1 aromatic heterocycles. The molecule has 1 spiro atoms. The van der Waals surface area contributed by atoms with Crippen LogP contribution in [0.15, 0.2) is 127 Å². The molecule has 0 N–H and O–H groups in total. The van der Waals surface area contributed by atoms with E-state index in [2.05, 4.69) is 30.3 Å². The minimum Gasteiger partial charge on any atom is -0.208 e. The highest BCUT2D eigenvalue weighted by atomic mass is 15.0. The van der Waals surface area contributed by atoms with Crippen LogP contribution in [-0.2, 0) is 5.41 Å². The number of fused-ring (bicyclic) bond motifs is 6. The van der Waals surface area contributed by atoms with Crippen LogP contribution in [0.5, 0.6) is 0 Å². The lowest BCUT2D eigenvalue weighted by molar-refractivity contribution is 0.277. The molecular weight excluding hydrogens is 546 g/mol. The Morgan fingerprint density at radius 3 is 1.64 bits per heavy atom. The molecule has 9 rings (SSSR count). The Kier molecular flexibility index (Phi) is 5.34. The largest absolute Gasteiger partial charge is 0.208 e. The molecule has 2 atom stereocenters. The number of hydrogen-bond acceptors (Lipinski definition) is 3. The lowest BCUT2D eigenvalue weighted by Crippen LogP contribution is -2.21. The van der Waals surface area contributed by atoms with Gasteiger partial charge < -0.3 is 0 Å². The van der Waals surface area contributed by atoms with Crippen LogP contribution in [0, 0.1) is 11.8 Å². The predicted octanol–water partition coefficient (Wildman–Crippen LogP) is 10.4. The Hall–Kier alpha value is -4.89. The molecule has 3 heteroatoms. The molecule has 2 saturated carbocycles. The summed E-state index contributed by atoms with van der Waals surface area (Å²) in [5.41, 5.74) is 6.52. The minimum atomic E-state index is -1.75. The van der Waals surface area contributed by atoms with Gasteiger partial charge in [0, 0.05) is 27.6 Å². The molecule has 218 valence electrons. The zero-order valence-corrected chi connectivity index (χ0v) is 24.9. The van der Waals surface area contributed by atoms with Crippen LogP contribution in [0.3, 0.4) is 0 Å². The van der Waals surface area contributed by atoms with Gasteiger partial charge in [0.2, 0.25) is 0 Å². The molecule has 1 heterocycles.